The molecule has 1 aromatic rings. The van der Waals surface area contributed by atoms with Crippen molar-refractivity contribution < 1.29 is 5.11 Å². The summed E-state index contributed by atoms with van der Waals surface area (Å²) < 4.78 is 0. The van der Waals surface area contributed by atoms with Gasteiger partial charge in [0.05, 0.1) is 0 Å². The van der Waals surface area contributed by atoms with E-state index in [0.29, 0.717) is 5.92 Å². The minimum Gasteiger partial charge on any atom is -0.374 e. The van der Waals surface area contributed by atoms with Crippen LogP contribution in [0.15, 0.2) is 30.3 Å². The normalized spacial score (nSPS) is 12.9. The van der Waals surface area contributed by atoms with Crippen LogP contribution in [-0.4, -0.2) is 18.4 Å². The molecule has 15 heavy (non-hydrogen) atoms. The highest BCUT2D eigenvalue weighted by molar-refractivity contribution is 5.45. The van der Waals surface area contributed by atoms with E-state index in [4.69, 9.17) is 0 Å². The molecule has 1 unspecified atom stereocenters. The van der Waals surface area contributed by atoms with Crippen LogP contribution < -0.4 is 4.90 Å². The van der Waals surface area contributed by atoms with Crippen molar-refractivity contribution >= 4 is 5.69 Å². The smallest absolute Gasteiger partial charge is 0.126 e. The van der Waals surface area contributed by atoms with Gasteiger partial charge in [-0.05, 0) is 30.9 Å². The third-order valence-corrected chi connectivity index (χ3v) is 2.61. The molecule has 0 heterocycles. The summed E-state index contributed by atoms with van der Waals surface area (Å²) in [6.07, 6.45) is 1.50. The molecule has 0 saturated heterocycles. The van der Waals surface area contributed by atoms with Gasteiger partial charge in [-0.3, -0.25) is 0 Å². The van der Waals surface area contributed by atoms with Gasteiger partial charge in [0.1, 0.15) is 6.23 Å². The van der Waals surface area contributed by atoms with Crippen molar-refractivity contribution in [2.75, 3.05) is 11.9 Å². The maximum absolute atomic E-state index is 9.95. The molecule has 1 rings (SSSR count). The molecule has 0 fully saturated rings. The van der Waals surface area contributed by atoms with Crippen molar-refractivity contribution in [1.82, 2.24) is 0 Å². The van der Waals surface area contributed by atoms with Crippen molar-refractivity contribution in [2.24, 2.45) is 5.92 Å². The Morgan fingerprint density at radius 2 is 1.73 bits per heavy atom. The van der Waals surface area contributed by atoms with Crippen molar-refractivity contribution in [3.63, 3.8) is 0 Å². The van der Waals surface area contributed by atoms with Gasteiger partial charge in [-0.25, -0.2) is 0 Å². The first-order valence-electron chi connectivity index (χ1n) is 5.57. The summed E-state index contributed by atoms with van der Waals surface area (Å²) in [7, 11) is 1.93. The van der Waals surface area contributed by atoms with Gasteiger partial charge in [-0.15, -0.1) is 0 Å². The lowest BCUT2D eigenvalue weighted by atomic mass is 10.1. The fourth-order valence-corrected chi connectivity index (χ4v) is 1.51. The molecule has 0 aromatic heterocycles. The second-order valence-corrected chi connectivity index (χ2v) is 4.40. The monoisotopic (exact) mass is 207 g/mol. The van der Waals surface area contributed by atoms with Crippen LogP contribution in [0.3, 0.4) is 0 Å². The number of anilines is 1. The third kappa shape index (κ3) is 3.92. The summed E-state index contributed by atoms with van der Waals surface area (Å²) in [5.74, 6) is 0.642. The Morgan fingerprint density at radius 1 is 1.13 bits per heavy atom. The first-order chi connectivity index (χ1) is 7.11. The summed E-state index contributed by atoms with van der Waals surface area (Å²) in [4.78, 5) is 1.92. The minimum atomic E-state index is -0.380. The summed E-state index contributed by atoms with van der Waals surface area (Å²) in [6.45, 7) is 4.35. The average Bonchev–Trinajstić information content (AvgIpc) is 2.26. The number of hydrogen-bond donors (Lipinski definition) is 1. The first kappa shape index (κ1) is 12.1. The van der Waals surface area contributed by atoms with Crippen LogP contribution in [0.2, 0.25) is 0 Å². The van der Waals surface area contributed by atoms with E-state index in [-0.39, 0.29) is 6.23 Å². The van der Waals surface area contributed by atoms with Crippen LogP contribution in [0.4, 0.5) is 5.69 Å². The zero-order valence-corrected chi connectivity index (χ0v) is 9.85. The van der Waals surface area contributed by atoms with Crippen molar-refractivity contribution in [3.8, 4) is 0 Å². The number of rotatable bonds is 5. The van der Waals surface area contributed by atoms with E-state index in [2.05, 4.69) is 13.8 Å². The lowest BCUT2D eigenvalue weighted by Gasteiger charge is -2.26. The summed E-state index contributed by atoms with van der Waals surface area (Å²) in [5, 5.41) is 9.95. The number of benzene rings is 1. The van der Waals surface area contributed by atoms with E-state index in [0.717, 1.165) is 18.5 Å². The van der Waals surface area contributed by atoms with Gasteiger partial charge in [-0.2, -0.15) is 0 Å². The van der Waals surface area contributed by atoms with E-state index in [1.54, 1.807) is 0 Å². The molecular formula is C13H21NO. The first-order valence-corrected chi connectivity index (χ1v) is 5.57. The zero-order valence-electron chi connectivity index (χ0n) is 9.85. The second kappa shape index (κ2) is 5.76. The van der Waals surface area contributed by atoms with Gasteiger partial charge in [0.25, 0.3) is 0 Å². The minimum absolute atomic E-state index is 0.380. The molecule has 0 aliphatic heterocycles. The van der Waals surface area contributed by atoms with Crippen LogP contribution >= 0.6 is 0 Å². The summed E-state index contributed by atoms with van der Waals surface area (Å²) >= 11 is 0. The number of aliphatic hydroxyl groups excluding tert-OH is 1. The van der Waals surface area contributed by atoms with E-state index >= 15 is 0 Å². The van der Waals surface area contributed by atoms with Crippen molar-refractivity contribution in [3.05, 3.63) is 30.3 Å². The second-order valence-electron chi connectivity index (χ2n) is 4.40. The maximum atomic E-state index is 9.95. The third-order valence-electron chi connectivity index (χ3n) is 2.61. The van der Waals surface area contributed by atoms with Gasteiger partial charge in [0, 0.05) is 12.7 Å². The highest BCUT2D eigenvalue weighted by Crippen LogP contribution is 2.16. The predicted octanol–water partition coefficient (Wildman–Crippen LogP) is 2.88. The topological polar surface area (TPSA) is 23.5 Å². The van der Waals surface area contributed by atoms with Crippen LogP contribution in [0.25, 0.3) is 0 Å². The average molecular weight is 207 g/mol. The van der Waals surface area contributed by atoms with E-state index < -0.39 is 0 Å². The molecule has 1 atom stereocenters. The molecule has 84 valence electrons. The highest BCUT2D eigenvalue weighted by Gasteiger charge is 2.11. The largest absolute Gasteiger partial charge is 0.374 e. The standard InChI is InChI=1S/C13H21NO/c1-11(2)9-10-13(15)14(3)12-7-5-4-6-8-12/h4-8,11,13,15H,9-10H2,1-3H3. The molecule has 2 nitrogen and oxygen atoms in total. The van der Waals surface area contributed by atoms with Gasteiger partial charge in [0.2, 0.25) is 0 Å². The number of para-hydroxylation sites is 1. The van der Waals surface area contributed by atoms with Crippen LogP contribution in [0, 0.1) is 5.92 Å². The molecule has 0 saturated carbocycles. The number of hydrogen-bond acceptors (Lipinski definition) is 2. The van der Waals surface area contributed by atoms with E-state index in [1.807, 2.05) is 42.3 Å². The van der Waals surface area contributed by atoms with Crippen LogP contribution in [0.5, 0.6) is 0 Å². The molecule has 0 amide bonds. The van der Waals surface area contributed by atoms with E-state index in [1.165, 1.54) is 0 Å². The quantitative estimate of drug-likeness (QED) is 0.750. The van der Waals surface area contributed by atoms with Gasteiger partial charge < -0.3 is 10.0 Å². The fourth-order valence-electron chi connectivity index (χ4n) is 1.51. The Bertz CT molecular complexity index is 271. The SMILES string of the molecule is CC(C)CCC(O)N(C)c1ccccc1. The Morgan fingerprint density at radius 3 is 2.27 bits per heavy atom. The summed E-state index contributed by atoms with van der Waals surface area (Å²) in [6, 6.07) is 9.98. The molecule has 1 N–H and O–H groups in total. The number of aliphatic hydroxyl groups is 1. The molecule has 0 bridgehead atoms. The molecule has 0 aliphatic rings. The Balaban J connectivity index is 2.49. The van der Waals surface area contributed by atoms with E-state index in [9.17, 15) is 5.11 Å². The van der Waals surface area contributed by atoms with Crippen LogP contribution in [0.1, 0.15) is 26.7 Å². The Labute approximate surface area is 92.5 Å². The Hall–Kier alpha value is -1.02. The maximum Gasteiger partial charge on any atom is 0.126 e. The Kier molecular flexibility index (Phi) is 4.63. The molecule has 2 heteroatoms. The molecule has 0 aliphatic carbocycles. The van der Waals surface area contributed by atoms with Crippen molar-refractivity contribution in [2.45, 2.75) is 32.9 Å². The molecular weight excluding hydrogens is 186 g/mol. The van der Waals surface area contributed by atoms with Gasteiger partial charge in [-0.1, -0.05) is 32.0 Å². The van der Waals surface area contributed by atoms with Crippen molar-refractivity contribution in [1.29, 1.82) is 0 Å². The molecule has 1 aromatic carbocycles. The molecule has 0 spiro atoms. The summed E-state index contributed by atoms with van der Waals surface area (Å²) in [5.41, 5.74) is 1.06. The van der Waals surface area contributed by atoms with Gasteiger partial charge in [0.15, 0.2) is 0 Å². The lowest BCUT2D eigenvalue weighted by Crippen LogP contribution is -2.31. The van der Waals surface area contributed by atoms with Gasteiger partial charge >= 0.3 is 0 Å². The molecule has 0 radical (unpaired) electrons. The predicted molar refractivity (Wildman–Crippen MR) is 64.9 cm³/mol. The lowest BCUT2D eigenvalue weighted by molar-refractivity contribution is 0.157. The fraction of sp³-hybridized carbons (Fsp3) is 0.538. The van der Waals surface area contributed by atoms with Crippen LogP contribution in [-0.2, 0) is 0 Å². The number of nitrogens with zero attached hydrogens (tertiary/aromatic N) is 1. The highest BCUT2D eigenvalue weighted by atomic mass is 16.3. The zero-order chi connectivity index (χ0) is 11.3.